The Hall–Kier alpha value is -1.72. The number of halogens is 1. The van der Waals surface area contributed by atoms with Gasteiger partial charge in [0.15, 0.2) is 0 Å². The van der Waals surface area contributed by atoms with E-state index in [1.165, 1.54) is 12.1 Å². The Kier molecular flexibility index (Phi) is 6.78. The van der Waals surface area contributed by atoms with Crippen LogP contribution >= 0.6 is 15.9 Å². The molecule has 0 saturated heterocycles. The van der Waals surface area contributed by atoms with Gasteiger partial charge >= 0.3 is 0 Å². The summed E-state index contributed by atoms with van der Waals surface area (Å²) in [6, 6.07) is 4.78. The van der Waals surface area contributed by atoms with E-state index in [1.807, 2.05) is 0 Å². The minimum Gasteiger partial charge on any atom is -0.493 e. The highest BCUT2D eigenvalue weighted by molar-refractivity contribution is 9.08. The third-order valence-corrected chi connectivity index (χ3v) is 3.00. The third kappa shape index (κ3) is 5.19. The summed E-state index contributed by atoms with van der Waals surface area (Å²) in [6.07, 6.45) is 2.90. The first kappa shape index (κ1) is 15.3. The number of nitrogens with zero attached hydrogens (tertiary/aromatic N) is 2. The smallest absolute Gasteiger partial charge is 0.277 e. The fourth-order valence-corrected chi connectivity index (χ4v) is 1.92. The van der Waals surface area contributed by atoms with E-state index in [0.29, 0.717) is 29.8 Å². The van der Waals surface area contributed by atoms with E-state index in [9.17, 15) is 14.9 Å². The molecule has 1 aromatic rings. The van der Waals surface area contributed by atoms with Gasteiger partial charge in [0, 0.05) is 10.9 Å². The van der Waals surface area contributed by atoms with Crippen LogP contribution in [0.15, 0.2) is 23.2 Å². The summed E-state index contributed by atoms with van der Waals surface area (Å²) in [4.78, 5) is 23.7. The zero-order valence-electron chi connectivity index (χ0n) is 10.2. The van der Waals surface area contributed by atoms with Gasteiger partial charge in [0.25, 0.3) is 5.69 Å². The molecule has 1 rings (SSSR count). The number of ether oxygens (including phenoxy) is 1. The van der Waals surface area contributed by atoms with Gasteiger partial charge in [0.1, 0.15) is 5.75 Å². The molecule has 0 fully saturated rings. The topological polar surface area (TPSA) is 81.8 Å². The SMILES string of the molecule is O=C=NCCCCOc1ccc(CBr)c([N+](=O)[O-])c1. The first-order valence-electron chi connectivity index (χ1n) is 5.68. The van der Waals surface area contributed by atoms with Crippen molar-refractivity contribution in [2.45, 2.75) is 18.2 Å². The lowest BCUT2D eigenvalue weighted by Gasteiger charge is -2.06. The minimum atomic E-state index is -0.428. The van der Waals surface area contributed by atoms with Crippen molar-refractivity contribution in [2.24, 2.45) is 4.99 Å². The van der Waals surface area contributed by atoms with Crippen LogP contribution in [-0.2, 0) is 10.1 Å². The van der Waals surface area contributed by atoms with Gasteiger partial charge < -0.3 is 4.74 Å². The largest absolute Gasteiger partial charge is 0.493 e. The molecule has 0 bridgehead atoms. The Balaban J connectivity index is 2.52. The molecule has 0 aliphatic carbocycles. The number of unbranched alkanes of at least 4 members (excludes halogenated alkanes) is 1. The van der Waals surface area contributed by atoms with Crippen LogP contribution in [-0.4, -0.2) is 24.2 Å². The van der Waals surface area contributed by atoms with E-state index < -0.39 is 4.92 Å². The maximum Gasteiger partial charge on any atom is 0.277 e. The Morgan fingerprint density at radius 2 is 2.21 bits per heavy atom. The molecule has 0 spiro atoms. The van der Waals surface area contributed by atoms with Crippen molar-refractivity contribution in [3.05, 3.63) is 33.9 Å². The molecule has 6 nitrogen and oxygen atoms in total. The summed E-state index contributed by atoms with van der Waals surface area (Å²) in [5, 5.41) is 11.3. The van der Waals surface area contributed by atoms with Crippen molar-refractivity contribution in [3.8, 4) is 5.75 Å². The number of alkyl halides is 1. The molecule has 7 heteroatoms. The van der Waals surface area contributed by atoms with Crippen LogP contribution in [0.3, 0.4) is 0 Å². The second kappa shape index (κ2) is 8.39. The lowest BCUT2D eigenvalue weighted by Crippen LogP contribution is -2.00. The molecule has 0 aromatic heterocycles. The highest BCUT2D eigenvalue weighted by atomic mass is 79.9. The van der Waals surface area contributed by atoms with Crippen molar-refractivity contribution in [3.63, 3.8) is 0 Å². The Morgan fingerprint density at radius 3 is 2.84 bits per heavy atom. The van der Waals surface area contributed by atoms with Gasteiger partial charge in [0.05, 0.1) is 24.1 Å². The molecule has 19 heavy (non-hydrogen) atoms. The van der Waals surface area contributed by atoms with E-state index in [2.05, 4.69) is 20.9 Å². The summed E-state index contributed by atoms with van der Waals surface area (Å²) in [7, 11) is 0. The van der Waals surface area contributed by atoms with Crippen molar-refractivity contribution in [1.29, 1.82) is 0 Å². The van der Waals surface area contributed by atoms with Crippen LogP contribution in [0.5, 0.6) is 5.75 Å². The number of nitro groups is 1. The Labute approximate surface area is 118 Å². The predicted octanol–water partition coefficient (Wildman–Crippen LogP) is 2.98. The number of rotatable bonds is 8. The second-order valence-electron chi connectivity index (χ2n) is 3.71. The normalized spacial score (nSPS) is 9.74. The van der Waals surface area contributed by atoms with Gasteiger partial charge in [-0.25, -0.2) is 9.79 Å². The summed E-state index contributed by atoms with van der Waals surface area (Å²) in [6.45, 7) is 0.856. The molecule has 0 unspecified atom stereocenters. The van der Waals surface area contributed by atoms with Crippen molar-refractivity contribution in [1.82, 2.24) is 0 Å². The highest BCUT2D eigenvalue weighted by Gasteiger charge is 2.13. The number of hydrogen-bond acceptors (Lipinski definition) is 5. The van der Waals surface area contributed by atoms with Crippen LogP contribution in [0.2, 0.25) is 0 Å². The first-order chi connectivity index (χ1) is 9.19. The average Bonchev–Trinajstić information content (AvgIpc) is 2.42. The zero-order chi connectivity index (χ0) is 14.1. The predicted molar refractivity (Wildman–Crippen MR) is 73.4 cm³/mol. The molecule has 0 heterocycles. The number of aliphatic imine (C=N–C) groups is 1. The minimum absolute atomic E-state index is 0.0416. The fourth-order valence-electron chi connectivity index (χ4n) is 1.44. The lowest BCUT2D eigenvalue weighted by atomic mass is 10.2. The zero-order valence-corrected chi connectivity index (χ0v) is 11.8. The van der Waals surface area contributed by atoms with Crippen LogP contribution in [0.1, 0.15) is 18.4 Å². The number of isocyanates is 1. The van der Waals surface area contributed by atoms with Crippen molar-refractivity contribution < 1.29 is 14.5 Å². The van der Waals surface area contributed by atoms with E-state index in [0.717, 1.165) is 12.8 Å². The summed E-state index contributed by atoms with van der Waals surface area (Å²) in [5.41, 5.74) is 0.651. The van der Waals surface area contributed by atoms with Gasteiger partial charge in [0.2, 0.25) is 6.08 Å². The quantitative estimate of drug-likeness (QED) is 0.183. The maximum atomic E-state index is 10.9. The molecular weight excluding hydrogens is 316 g/mol. The molecule has 0 amide bonds. The van der Waals surface area contributed by atoms with Crippen LogP contribution in [0.4, 0.5) is 5.69 Å². The molecule has 1 aromatic carbocycles. The molecule has 0 atom stereocenters. The van der Waals surface area contributed by atoms with Crippen molar-refractivity contribution >= 4 is 27.7 Å². The number of benzene rings is 1. The molecule has 0 saturated carbocycles. The van der Waals surface area contributed by atoms with Gasteiger partial charge in [-0.05, 0) is 25.0 Å². The molecular formula is C12H13BrN2O4. The molecule has 0 aliphatic heterocycles. The maximum absolute atomic E-state index is 10.9. The van der Waals surface area contributed by atoms with E-state index >= 15 is 0 Å². The van der Waals surface area contributed by atoms with Crippen LogP contribution < -0.4 is 4.74 Å². The van der Waals surface area contributed by atoms with Gasteiger partial charge in [-0.2, -0.15) is 0 Å². The first-order valence-corrected chi connectivity index (χ1v) is 6.81. The molecule has 0 N–H and O–H groups in total. The number of nitro benzene ring substituents is 1. The van der Waals surface area contributed by atoms with Gasteiger partial charge in [-0.15, -0.1) is 0 Å². The summed E-state index contributed by atoms with van der Waals surface area (Å²) >= 11 is 3.20. The number of carbonyl (C=O) groups excluding carboxylic acids is 1. The molecule has 0 aliphatic rings. The third-order valence-electron chi connectivity index (χ3n) is 2.39. The Bertz CT molecular complexity index is 487. The molecule has 0 radical (unpaired) electrons. The fraction of sp³-hybridized carbons (Fsp3) is 0.417. The summed E-state index contributed by atoms with van der Waals surface area (Å²) in [5.74, 6) is 0.468. The van der Waals surface area contributed by atoms with E-state index in [4.69, 9.17) is 4.74 Å². The van der Waals surface area contributed by atoms with Gasteiger partial charge in [-0.3, -0.25) is 10.1 Å². The standard InChI is InChI=1S/C12H13BrN2O4/c13-8-10-3-4-11(7-12(10)15(17)18)19-6-2-1-5-14-9-16/h3-4,7H,1-2,5-6,8H2. The van der Waals surface area contributed by atoms with Crippen LogP contribution in [0, 0.1) is 10.1 Å². The van der Waals surface area contributed by atoms with Crippen LogP contribution in [0.25, 0.3) is 0 Å². The van der Waals surface area contributed by atoms with Gasteiger partial charge in [-0.1, -0.05) is 15.9 Å². The highest BCUT2D eigenvalue weighted by Crippen LogP contribution is 2.26. The molecule has 102 valence electrons. The van der Waals surface area contributed by atoms with Crippen molar-refractivity contribution in [2.75, 3.05) is 13.2 Å². The number of hydrogen-bond donors (Lipinski definition) is 0. The summed E-state index contributed by atoms with van der Waals surface area (Å²) < 4.78 is 5.42. The Morgan fingerprint density at radius 1 is 1.42 bits per heavy atom. The average molecular weight is 329 g/mol. The second-order valence-corrected chi connectivity index (χ2v) is 4.27. The lowest BCUT2D eigenvalue weighted by molar-refractivity contribution is -0.385. The van der Waals surface area contributed by atoms with E-state index in [1.54, 1.807) is 12.1 Å². The van der Waals surface area contributed by atoms with E-state index in [-0.39, 0.29) is 5.69 Å². The monoisotopic (exact) mass is 328 g/mol.